The Bertz CT molecular complexity index is 1070. The average Bonchev–Trinajstić information content (AvgIpc) is 3.37. The van der Waals surface area contributed by atoms with Gasteiger partial charge in [0.2, 0.25) is 5.91 Å². The predicted molar refractivity (Wildman–Crippen MR) is 127 cm³/mol. The summed E-state index contributed by atoms with van der Waals surface area (Å²) in [6, 6.07) is 15.8. The SMILES string of the molecule is CCCCC(=O)N(Cc1ccc(-c2ccccc2-c2nnn[nH]2)cc1)C(OCC(=O)O)C(C)C. The number of amides is 1. The molecule has 1 amide bonds. The molecule has 0 saturated heterocycles. The van der Waals surface area contributed by atoms with Crippen molar-refractivity contribution in [2.75, 3.05) is 6.61 Å². The highest BCUT2D eigenvalue weighted by Gasteiger charge is 2.27. The van der Waals surface area contributed by atoms with Crippen molar-refractivity contribution in [1.29, 1.82) is 0 Å². The molecule has 0 radical (unpaired) electrons. The molecule has 0 aliphatic carbocycles. The number of aromatic nitrogens is 4. The van der Waals surface area contributed by atoms with E-state index in [1.165, 1.54) is 0 Å². The zero-order chi connectivity index (χ0) is 24.5. The van der Waals surface area contributed by atoms with Gasteiger partial charge in [0.05, 0.1) is 0 Å². The van der Waals surface area contributed by atoms with Gasteiger partial charge in [-0.2, -0.15) is 0 Å². The fraction of sp³-hybridized carbons (Fsp3) is 0.400. The molecule has 3 aromatic rings. The number of carbonyl (C=O) groups excluding carboxylic acids is 1. The first-order valence-corrected chi connectivity index (χ1v) is 11.5. The Balaban J connectivity index is 1.85. The highest BCUT2D eigenvalue weighted by Crippen LogP contribution is 2.30. The number of rotatable bonds is 12. The number of hydrogen-bond acceptors (Lipinski definition) is 6. The van der Waals surface area contributed by atoms with Crippen molar-refractivity contribution < 1.29 is 19.4 Å². The van der Waals surface area contributed by atoms with E-state index in [0.29, 0.717) is 18.8 Å². The van der Waals surface area contributed by atoms with Crippen LogP contribution in [0.1, 0.15) is 45.6 Å². The lowest BCUT2D eigenvalue weighted by Gasteiger charge is -2.34. The third kappa shape index (κ3) is 6.48. The maximum absolute atomic E-state index is 13.0. The number of aromatic amines is 1. The molecule has 0 fully saturated rings. The lowest BCUT2D eigenvalue weighted by molar-refractivity contribution is -0.164. The van der Waals surface area contributed by atoms with E-state index < -0.39 is 18.8 Å². The molecule has 9 heteroatoms. The molecule has 0 bridgehead atoms. The molecular weight excluding hydrogens is 434 g/mol. The van der Waals surface area contributed by atoms with Gasteiger partial charge in [0, 0.05) is 18.5 Å². The molecule has 9 nitrogen and oxygen atoms in total. The molecule has 180 valence electrons. The Morgan fingerprint density at radius 1 is 1.09 bits per heavy atom. The van der Waals surface area contributed by atoms with Crippen LogP contribution in [0.4, 0.5) is 0 Å². The number of ether oxygens (including phenoxy) is 1. The minimum Gasteiger partial charge on any atom is -0.480 e. The van der Waals surface area contributed by atoms with Gasteiger partial charge in [-0.3, -0.25) is 4.79 Å². The van der Waals surface area contributed by atoms with Crippen LogP contribution in [0.5, 0.6) is 0 Å². The van der Waals surface area contributed by atoms with Crippen LogP contribution in [0, 0.1) is 5.92 Å². The monoisotopic (exact) mass is 465 g/mol. The summed E-state index contributed by atoms with van der Waals surface area (Å²) in [6.07, 6.45) is 1.44. The molecule has 1 heterocycles. The fourth-order valence-corrected chi connectivity index (χ4v) is 3.79. The zero-order valence-corrected chi connectivity index (χ0v) is 19.8. The fourth-order valence-electron chi connectivity index (χ4n) is 3.79. The number of nitrogens with zero attached hydrogens (tertiary/aromatic N) is 4. The molecule has 0 saturated carbocycles. The summed E-state index contributed by atoms with van der Waals surface area (Å²) in [4.78, 5) is 25.8. The van der Waals surface area contributed by atoms with E-state index in [4.69, 9.17) is 9.84 Å². The number of carboxylic acids is 1. The quantitative estimate of drug-likeness (QED) is 0.386. The van der Waals surface area contributed by atoms with Gasteiger partial charge in [-0.05, 0) is 39.5 Å². The topological polar surface area (TPSA) is 121 Å². The van der Waals surface area contributed by atoms with Crippen molar-refractivity contribution in [2.24, 2.45) is 5.92 Å². The Morgan fingerprint density at radius 2 is 1.79 bits per heavy atom. The zero-order valence-electron chi connectivity index (χ0n) is 19.8. The Hall–Kier alpha value is -3.59. The predicted octanol–water partition coefficient (Wildman–Crippen LogP) is 4.14. The van der Waals surface area contributed by atoms with Gasteiger partial charge >= 0.3 is 5.97 Å². The summed E-state index contributed by atoms with van der Waals surface area (Å²) in [5.74, 6) is -0.580. The van der Waals surface area contributed by atoms with E-state index in [1.807, 2.05) is 69.3 Å². The van der Waals surface area contributed by atoms with Crippen LogP contribution in [-0.4, -0.2) is 55.3 Å². The number of H-pyrrole nitrogens is 1. The van der Waals surface area contributed by atoms with Gasteiger partial charge in [0.1, 0.15) is 12.8 Å². The van der Waals surface area contributed by atoms with Gasteiger partial charge < -0.3 is 14.7 Å². The first-order valence-electron chi connectivity index (χ1n) is 11.5. The molecule has 1 unspecified atom stereocenters. The first-order chi connectivity index (χ1) is 16.4. The first kappa shape index (κ1) is 25.0. The summed E-state index contributed by atoms with van der Waals surface area (Å²) in [7, 11) is 0. The maximum atomic E-state index is 13.0. The second-order valence-electron chi connectivity index (χ2n) is 8.46. The van der Waals surface area contributed by atoms with Crippen molar-refractivity contribution in [1.82, 2.24) is 25.5 Å². The minimum absolute atomic E-state index is 0.0434. The molecule has 0 aliphatic rings. The third-order valence-corrected chi connectivity index (χ3v) is 5.46. The van der Waals surface area contributed by atoms with Crippen molar-refractivity contribution in [3.05, 3.63) is 54.1 Å². The highest BCUT2D eigenvalue weighted by atomic mass is 16.5. The van der Waals surface area contributed by atoms with Crippen LogP contribution < -0.4 is 0 Å². The van der Waals surface area contributed by atoms with Crippen molar-refractivity contribution in [2.45, 2.75) is 52.8 Å². The molecule has 34 heavy (non-hydrogen) atoms. The largest absolute Gasteiger partial charge is 0.480 e. The molecule has 1 atom stereocenters. The molecule has 1 aromatic heterocycles. The second kappa shape index (κ2) is 12.0. The number of carboxylic acid groups (broad SMARTS) is 1. The molecule has 0 aliphatic heterocycles. The number of nitrogens with one attached hydrogen (secondary N) is 1. The smallest absolute Gasteiger partial charge is 0.329 e. The highest BCUT2D eigenvalue weighted by molar-refractivity contribution is 5.80. The van der Waals surface area contributed by atoms with Crippen LogP contribution in [-0.2, 0) is 20.9 Å². The normalized spacial score (nSPS) is 12.0. The number of benzene rings is 2. The summed E-state index contributed by atoms with van der Waals surface area (Å²) >= 11 is 0. The summed E-state index contributed by atoms with van der Waals surface area (Å²) in [5.41, 5.74) is 3.78. The van der Waals surface area contributed by atoms with Crippen molar-refractivity contribution >= 4 is 11.9 Å². The second-order valence-corrected chi connectivity index (χ2v) is 8.46. The Morgan fingerprint density at radius 3 is 2.38 bits per heavy atom. The lowest BCUT2D eigenvalue weighted by Crippen LogP contribution is -2.45. The van der Waals surface area contributed by atoms with Crippen LogP contribution >= 0.6 is 0 Å². The van der Waals surface area contributed by atoms with E-state index in [2.05, 4.69) is 20.6 Å². The summed E-state index contributed by atoms with van der Waals surface area (Å²) in [6.45, 7) is 5.76. The van der Waals surface area contributed by atoms with Gasteiger partial charge in [0.15, 0.2) is 5.82 Å². The maximum Gasteiger partial charge on any atom is 0.329 e. The van der Waals surface area contributed by atoms with Gasteiger partial charge in [-0.25, -0.2) is 9.89 Å². The van der Waals surface area contributed by atoms with Crippen LogP contribution in [0.2, 0.25) is 0 Å². The third-order valence-electron chi connectivity index (χ3n) is 5.46. The Labute approximate surface area is 199 Å². The van der Waals surface area contributed by atoms with E-state index in [-0.39, 0.29) is 11.8 Å². The van der Waals surface area contributed by atoms with Crippen molar-refractivity contribution in [3.8, 4) is 22.5 Å². The van der Waals surface area contributed by atoms with Crippen LogP contribution in [0.25, 0.3) is 22.5 Å². The molecular formula is C25H31N5O4. The number of unbranched alkanes of at least 4 members (excludes halogenated alkanes) is 1. The number of aliphatic carboxylic acids is 1. The van der Waals surface area contributed by atoms with Crippen molar-refractivity contribution in [3.63, 3.8) is 0 Å². The summed E-state index contributed by atoms with van der Waals surface area (Å²) in [5, 5.41) is 23.2. The van der Waals surface area contributed by atoms with E-state index in [1.54, 1.807) is 4.90 Å². The molecule has 3 rings (SSSR count). The standard InChI is InChI=1S/C25H31N5O4/c1-4-5-10-22(31)30(25(17(2)3)34-16-23(32)33)15-18-11-13-19(14-12-18)20-8-6-7-9-21(20)24-26-28-29-27-24/h6-9,11-14,17,25H,4-5,10,15-16H2,1-3H3,(H,32,33)(H,26,27,28,29). The summed E-state index contributed by atoms with van der Waals surface area (Å²) < 4.78 is 5.63. The number of carbonyl (C=O) groups is 2. The lowest BCUT2D eigenvalue weighted by atomic mass is 9.98. The number of tetrazole rings is 1. The van der Waals surface area contributed by atoms with E-state index in [9.17, 15) is 9.59 Å². The van der Waals surface area contributed by atoms with E-state index in [0.717, 1.165) is 35.1 Å². The molecule has 2 N–H and O–H groups in total. The average molecular weight is 466 g/mol. The van der Waals surface area contributed by atoms with E-state index >= 15 is 0 Å². The van der Waals surface area contributed by atoms with Gasteiger partial charge in [0.25, 0.3) is 0 Å². The molecule has 2 aromatic carbocycles. The molecule has 0 spiro atoms. The number of hydrogen-bond donors (Lipinski definition) is 2. The van der Waals surface area contributed by atoms with Crippen LogP contribution in [0.15, 0.2) is 48.5 Å². The Kier molecular flexibility index (Phi) is 8.86. The minimum atomic E-state index is -1.06. The van der Waals surface area contributed by atoms with Gasteiger partial charge in [-0.15, -0.1) is 5.10 Å². The van der Waals surface area contributed by atoms with Gasteiger partial charge in [-0.1, -0.05) is 75.7 Å². The van der Waals surface area contributed by atoms with Crippen LogP contribution in [0.3, 0.4) is 0 Å².